The Morgan fingerprint density at radius 3 is 0.792 bits per heavy atom. The van der Waals surface area contributed by atoms with Crippen LogP contribution in [0.3, 0.4) is 0 Å². The van der Waals surface area contributed by atoms with E-state index in [0.717, 1.165) is 24.8 Å². The summed E-state index contributed by atoms with van der Waals surface area (Å²) in [6, 6.07) is 0. The first-order valence-electron chi connectivity index (χ1n) is 5.80. The van der Waals surface area contributed by atoms with Crippen LogP contribution in [0.15, 0.2) is 24.8 Å². The Bertz CT molecular complexity index is 674. The van der Waals surface area contributed by atoms with Crippen LogP contribution in [0.5, 0.6) is 0 Å². The highest BCUT2D eigenvalue weighted by Crippen LogP contribution is 2.05. The predicted molar refractivity (Wildman–Crippen MR) is 71.9 cm³/mol. The van der Waals surface area contributed by atoms with Gasteiger partial charge < -0.3 is 20.4 Å². The van der Waals surface area contributed by atoms with Crippen molar-refractivity contribution in [2.24, 2.45) is 0 Å². The lowest BCUT2D eigenvalue weighted by molar-refractivity contribution is 0.0650. The van der Waals surface area contributed by atoms with Crippen molar-refractivity contribution in [1.82, 2.24) is 20.4 Å². The molecule has 2 heterocycles. The van der Waals surface area contributed by atoms with Crippen LogP contribution < -0.4 is 0 Å². The molecule has 0 unspecified atom stereocenters. The van der Waals surface area contributed by atoms with Gasteiger partial charge in [-0.1, -0.05) is 0 Å². The summed E-state index contributed by atoms with van der Waals surface area (Å²) in [6.07, 6.45) is 3.58. The van der Waals surface area contributed by atoms with Crippen molar-refractivity contribution >= 4 is 23.9 Å². The fraction of sp³-hybridized carbons (Fsp3) is 0. The van der Waals surface area contributed by atoms with Crippen LogP contribution in [0.25, 0.3) is 0 Å². The second-order valence-electron chi connectivity index (χ2n) is 3.85. The van der Waals surface area contributed by atoms with E-state index in [1.165, 1.54) is 0 Å². The number of carboxylic acid groups (broad SMARTS) is 4. The minimum Gasteiger partial charge on any atom is -0.478 e. The lowest BCUT2D eigenvalue weighted by Gasteiger charge is -1.96. The van der Waals surface area contributed by atoms with E-state index in [9.17, 15) is 19.2 Å². The molecule has 0 aromatic carbocycles. The van der Waals surface area contributed by atoms with E-state index in [1.54, 1.807) is 0 Å². The number of aromatic nitrogens is 4. The average molecular weight is 336 g/mol. The highest BCUT2D eigenvalue weighted by molar-refractivity contribution is 6.01. The van der Waals surface area contributed by atoms with Crippen molar-refractivity contribution in [3.8, 4) is 0 Å². The zero-order chi connectivity index (χ0) is 18.3. The molecule has 0 atom stereocenters. The zero-order valence-corrected chi connectivity index (χ0v) is 11.5. The summed E-state index contributed by atoms with van der Waals surface area (Å²) in [4.78, 5) is 41.6. The number of carboxylic acids is 4. The van der Waals surface area contributed by atoms with Gasteiger partial charge in [0.05, 0.1) is 47.0 Å². The van der Waals surface area contributed by atoms with Crippen molar-refractivity contribution in [1.29, 1.82) is 0 Å². The maximum atomic E-state index is 10.4. The van der Waals surface area contributed by atoms with Gasteiger partial charge >= 0.3 is 23.9 Å². The molecule has 0 spiro atoms. The first kappa shape index (κ1) is 18.1. The fourth-order valence-electron chi connectivity index (χ4n) is 1.32. The Morgan fingerprint density at radius 1 is 0.500 bits per heavy atom. The molecule has 0 radical (unpaired) electrons. The fourth-order valence-corrected chi connectivity index (χ4v) is 1.32. The third kappa shape index (κ3) is 4.52. The van der Waals surface area contributed by atoms with E-state index in [2.05, 4.69) is 20.4 Å². The molecule has 24 heavy (non-hydrogen) atoms. The topological polar surface area (TPSA) is 201 Å². The van der Waals surface area contributed by atoms with Crippen molar-refractivity contribution in [3.63, 3.8) is 0 Å². The first-order valence-corrected chi connectivity index (χ1v) is 5.80. The maximum Gasteiger partial charge on any atom is 0.338 e. The number of aromatic carboxylic acids is 4. The number of carbonyl (C=O) groups is 4. The van der Waals surface area contributed by atoms with Gasteiger partial charge in [-0.05, 0) is 0 Å². The SMILES string of the molecule is O=C(O)c1cnncc1C(=O)O.O=C(O)c1cnncc1C(=O)O. The molecule has 0 fully saturated rings. The van der Waals surface area contributed by atoms with Crippen molar-refractivity contribution in [2.75, 3.05) is 0 Å². The predicted octanol–water partition coefficient (Wildman–Crippen LogP) is -0.254. The van der Waals surface area contributed by atoms with Gasteiger partial charge in [-0.15, -0.1) is 0 Å². The van der Waals surface area contributed by atoms with E-state index < -0.39 is 23.9 Å². The molecule has 2 rings (SSSR count). The number of hydrogen-bond acceptors (Lipinski definition) is 8. The Morgan fingerprint density at radius 2 is 0.667 bits per heavy atom. The molecule has 12 heteroatoms. The van der Waals surface area contributed by atoms with Crippen molar-refractivity contribution < 1.29 is 39.6 Å². The molecule has 0 aliphatic heterocycles. The van der Waals surface area contributed by atoms with Crippen molar-refractivity contribution in [2.45, 2.75) is 0 Å². The van der Waals surface area contributed by atoms with Crippen LogP contribution in [0, 0.1) is 0 Å². The van der Waals surface area contributed by atoms with Gasteiger partial charge in [0.15, 0.2) is 0 Å². The average Bonchev–Trinajstić information content (AvgIpc) is 2.55. The lowest BCUT2D eigenvalue weighted by atomic mass is 10.2. The van der Waals surface area contributed by atoms with Gasteiger partial charge in [-0.3, -0.25) is 0 Å². The number of nitrogens with zero attached hydrogens (tertiary/aromatic N) is 4. The monoisotopic (exact) mass is 336 g/mol. The molecule has 0 saturated carbocycles. The number of rotatable bonds is 4. The van der Waals surface area contributed by atoms with E-state index >= 15 is 0 Å². The van der Waals surface area contributed by atoms with Crippen LogP contribution >= 0.6 is 0 Å². The molecule has 12 nitrogen and oxygen atoms in total. The summed E-state index contributed by atoms with van der Waals surface area (Å²) in [5, 5.41) is 47.0. The van der Waals surface area contributed by atoms with Crippen LogP contribution in [0.1, 0.15) is 41.4 Å². The molecular formula is C12H8N4O8. The highest BCUT2D eigenvalue weighted by Gasteiger charge is 2.16. The Hall–Kier alpha value is -3.96. The summed E-state index contributed by atoms with van der Waals surface area (Å²) in [7, 11) is 0. The summed E-state index contributed by atoms with van der Waals surface area (Å²) in [5.41, 5.74) is -1.45. The molecule has 2 aromatic rings. The van der Waals surface area contributed by atoms with Crippen LogP contribution in [-0.2, 0) is 0 Å². The second kappa shape index (κ2) is 7.88. The molecule has 2 aromatic heterocycles. The number of hydrogen-bond donors (Lipinski definition) is 4. The molecule has 0 saturated heterocycles. The minimum absolute atomic E-state index is 0.363. The van der Waals surface area contributed by atoms with E-state index in [0.29, 0.717) is 0 Å². The quantitative estimate of drug-likeness (QED) is 0.570. The first-order chi connectivity index (χ1) is 11.3. The highest BCUT2D eigenvalue weighted by atomic mass is 16.4. The Kier molecular flexibility index (Phi) is 5.94. The maximum absolute atomic E-state index is 10.4. The van der Waals surface area contributed by atoms with Gasteiger partial charge in [0.25, 0.3) is 0 Å². The van der Waals surface area contributed by atoms with Crippen molar-refractivity contribution in [3.05, 3.63) is 47.0 Å². The normalized spacial score (nSPS) is 9.33. The van der Waals surface area contributed by atoms with Gasteiger partial charge in [0.1, 0.15) is 0 Å². The van der Waals surface area contributed by atoms with Crippen LogP contribution in [0.2, 0.25) is 0 Å². The Labute approximate surface area is 132 Å². The van der Waals surface area contributed by atoms with E-state index in [-0.39, 0.29) is 22.3 Å². The minimum atomic E-state index is -1.33. The summed E-state index contributed by atoms with van der Waals surface area (Å²) in [6.45, 7) is 0. The molecular weight excluding hydrogens is 328 g/mol. The largest absolute Gasteiger partial charge is 0.478 e. The molecule has 0 aliphatic rings. The molecule has 0 aliphatic carbocycles. The molecule has 0 bridgehead atoms. The summed E-state index contributed by atoms with van der Waals surface area (Å²) >= 11 is 0. The smallest absolute Gasteiger partial charge is 0.338 e. The summed E-state index contributed by atoms with van der Waals surface area (Å²) < 4.78 is 0. The van der Waals surface area contributed by atoms with Gasteiger partial charge in [-0.2, -0.15) is 20.4 Å². The molecule has 124 valence electrons. The second-order valence-corrected chi connectivity index (χ2v) is 3.85. The van der Waals surface area contributed by atoms with E-state index in [4.69, 9.17) is 20.4 Å². The Balaban J connectivity index is 0.000000240. The molecule has 0 amide bonds. The summed E-state index contributed by atoms with van der Waals surface area (Å²) in [5.74, 6) is -5.32. The van der Waals surface area contributed by atoms with Crippen LogP contribution in [0.4, 0.5) is 0 Å². The third-order valence-corrected chi connectivity index (χ3v) is 2.38. The standard InChI is InChI=1S/2C6H4N2O4/c2*9-5(10)3-1-7-8-2-4(3)6(11)12/h2*1-2H,(H,9,10)(H,11,12). The lowest BCUT2D eigenvalue weighted by Crippen LogP contribution is -2.09. The van der Waals surface area contributed by atoms with Gasteiger partial charge in [-0.25, -0.2) is 19.2 Å². The van der Waals surface area contributed by atoms with Gasteiger partial charge in [0.2, 0.25) is 0 Å². The zero-order valence-electron chi connectivity index (χ0n) is 11.5. The van der Waals surface area contributed by atoms with E-state index in [1.807, 2.05) is 0 Å². The molecule has 4 N–H and O–H groups in total. The van der Waals surface area contributed by atoms with Gasteiger partial charge in [0, 0.05) is 0 Å². The third-order valence-electron chi connectivity index (χ3n) is 2.38. The van der Waals surface area contributed by atoms with Crippen LogP contribution in [-0.4, -0.2) is 64.7 Å².